The summed E-state index contributed by atoms with van der Waals surface area (Å²) in [6.07, 6.45) is 2.08. The van der Waals surface area contributed by atoms with E-state index in [1.165, 1.54) is 0 Å². The van der Waals surface area contributed by atoms with Crippen molar-refractivity contribution in [3.8, 4) is 0 Å². The zero-order valence-corrected chi connectivity index (χ0v) is 8.91. The van der Waals surface area contributed by atoms with Gasteiger partial charge in [0, 0.05) is 12.6 Å². The Labute approximate surface area is 85.5 Å². The van der Waals surface area contributed by atoms with E-state index in [1.54, 1.807) is 6.20 Å². The highest BCUT2D eigenvalue weighted by molar-refractivity contribution is 9.10. The minimum absolute atomic E-state index is 0.150. The van der Waals surface area contributed by atoms with Crippen molar-refractivity contribution in [2.45, 2.75) is 19.3 Å². The van der Waals surface area contributed by atoms with Crippen LogP contribution in [0.15, 0.2) is 22.9 Å². The first-order valence-electron chi connectivity index (χ1n) is 3.99. The van der Waals surface area contributed by atoms with Crippen molar-refractivity contribution in [1.29, 1.82) is 0 Å². The number of amides is 1. The number of primary amides is 1. The van der Waals surface area contributed by atoms with Gasteiger partial charge < -0.3 is 5.73 Å². The lowest BCUT2D eigenvalue weighted by molar-refractivity contribution is -0.118. The molecular weight excluding hydrogens is 232 g/mol. The van der Waals surface area contributed by atoms with Gasteiger partial charge in [-0.1, -0.05) is 6.92 Å². The van der Waals surface area contributed by atoms with Gasteiger partial charge in [-0.2, -0.15) is 0 Å². The fraction of sp³-hybridized carbons (Fsp3) is 0.333. The van der Waals surface area contributed by atoms with Crippen LogP contribution >= 0.6 is 15.9 Å². The van der Waals surface area contributed by atoms with E-state index >= 15 is 0 Å². The molecule has 0 saturated carbocycles. The molecule has 4 heteroatoms. The summed E-state index contributed by atoms with van der Waals surface area (Å²) in [7, 11) is 0. The number of hydrogen-bond acceptors (Lipinski definition) is 2. The topological polar surface area (TPSA) is 56.0 Å². The van der Waals surface area contributed by atoms with E-state index in [2.05, 4.69) is 20.9 Å². The van der Waals surface area contributed by atoms with Gasteiger partial charge in [0.25, 0.3) is 0 Å². The summed E-state index contributed by atoms with van der Waals surface area (Å²) < 4.78 is 0.779. The molecule has 0 fully saturated rings. The monoisotopic (exact) mass is 242 g/mol. The Balaban J connectivity index is 2.76. The van der Waals surface area contributed by atoms with Crippen LogP contribution in [0.4, 0.5) is 0 Å². The third-order valence-electron chi connectivity index (χ3n) is 1.83. The van der Waals surface area contributed by atoms with Gasteiger partial charge in [-0.15, -0.1) is 0 Å². The SMILES string of the molecule is CC(CC(N)=O)c1ccnc(Br)c1. The van der Waals surface area contributed by atoms with Gasteiger partial charge in [0.2, 0.25) is 5.91 Å². The molecule has 0 aliphatic heterocycles. The fourth-order valence-electron chi connectivity index (χ4n) is 1.14. The van der Waals surface area contributed by atoms with Crippen LogP contribution in [0.1, 0.15) is 24.8 Å². The Kier molecular flexibility index (Phi) is 3.42. The lowest BCUT2D eigenvalue weighted by Gasteiger charge is -2.08. The van der Waals surface area contributed by atoms with Gasteiger partial charge in [-0.05, 0) is 39.5 Å². The summed E-state index contributed by atoms with van der Waals surface area (Å²) in [5.41, 5.74) is 6.17. The van der Waals surface area contributed by atoms with E-state index in [9.17, 15) is 4.79 Å². The summed E-state index contributed by atoms with van der Waals surface area (Å²) >= 11 is 3.27. The van der Waals surface area contributed by atoms with Crippen molar-refractivity contribution < 1.29 is 4.79 Å². The van der Waals surface area contributed by atoms with Crippen molar-refractivity contribution >= 4 is 21.8 Å². The van der Waals surface area contributed by atoms with Crippen LogP contribution in [0.5, 0.6) is 0 Å². The quantitative estimate of drug-likeness (QED) is 0.823. The Morgan fingerprint density at radius 2 is 2.46 bits per heavy atom. The molecule has 1 aromatic heterocycles. The number of aromatic nitrogens is 1. The number of carbonyl (C=O) groups excluding carboxylic acids is 1. The van der Waals surface area contributed by atoms with E-state index in [-0.39, 0.29) is 11.8 Å². The molecule has 0 aliphatic carbocycles. The van der Waals surface area contributed by atoms with Crippen molar-refractivity contribution in [2.75, 3.05) is 0 Å². The molecule has 3 nitrogen and oxygen atoms in total. The van der Waals surface area contributed by atoms with E-state index in [0.717, 1.165) is 10.2 Å². The molecule has 1 amide bonds. The standard InChI is InChI=1S/C9H11BrN2O/c1-6(4-9(11)13)7-2-3-12-8(10)5-7/h2-3,5-6H,4H2,1H3,(H2,11,13). The van der Waals surface area contributed by atoms with Gasteiger partial charge in [-0.25, -0.2) is 4.98 Å². The number of halogens is 1. The normalized spacial score (nSPS) is 12.5. The zero-order chi connectivity index (χ0) is 9.84. The number of nitrogens with two attached hydrogens (primary N) is 1. The van der Waals surface area contributed by atoms with Gasteiger partial charge in [0.15, 0.2) is 0 Å². The van der Waals surface area contributed by atoms with Crippen LogP contribution in [-0.4, -0.2) is 10.9 Å². The molecule has 0 saturated heterocycles. The molecule has 0 aromatic carbocycles. The third-order valence-corrected chi connectivity index (χ3v) is 2.26. The molecule has 0 spiro atoms. The average molecular weight is 243 g/mol. The van der Waals surface area contributed by atoms with Crippen molar-refractivity contribution in [3.63, 3.8) is 0 Å². The maximum Gasteiger partial charge on any atom is 0.218 e. The summed E-state index contributed by atoms with van der Waals surface area (Å²) in [5, 5.41) is 0. The molecule has 2 N–H and O–H groups in total. The largest absolute Gasteiger partial charge is 0.370 e. The molecule has 0 aliphatic rings. The van der Waals surface area contributed by atoms with E-state index in [4.69, 9.17) is 5.73 Å². The van der Waals surface area contributed by atoms with E-state index in [1.807, 2.05) is 19.1 Å². The lowest BCUT2D eigenvalue weighted by atomic mass is 9.99. The Bertz CT molecular complexity index is 314. The molecule has 1 rings (SSSR count). The van der Waals surface area contributed by atoms with Crippen LogP contribution in [0.25, 0.3) is 0 Å². The highest BCUT2D eigenvalue weighted by Crippen LogP contribution is 2.20. The molecule has 70 valence electrons. The Morgan fingerprint density at radius 3 is 3.00 bits per heavy atom. The van der Waals surface area contributed by atoms with Crippen LogP contribution in [0, 0.1) is 0 Å². The fourth-order valence-corrected chi connectivity index (χ4v) is 1.53. The van der Waals surface area contributed by atoms with Gasteiger partial charge in [0.1, 0.15) is 4.60 Å². The number of pyridine rings is 1. The van der Waals surface area contributed by atoms with Crippen LogP contribution in [-0.2, 0) is 4.79 Å². The first-order valence-corrected chi connectivity index (χ1v) is 4.78. The number of carbonyl (C=O) groups is 1. The van der Waals surface area contributed by atoms with E-state index < -0.39 is 0 Å². The predicted molar refractivity (Wildman–Crippen MR) is 54.2 cm³/mol. The molecule has 0 radical (unpaired) electrons. The van der Waals surface area contributed by atoms with Crippen molar-refractivity contribution in [1.82, 2.24) is 4.98 Å². The summed E-state index contributed by atoms with van der Waals surface area (Å²) in [5.74, 6) is -0.128. The number of rotatable bonds is 3. The first kappa shape index (κ1) is 10.2. The molecule has 13 heavy (non-hydrogen) atoms. The molecular formula is C9H11BrN2O. The van der Waals surface area contributed by atoms with Crippen LogP contribution < -0.4 is 5.73 Å². The maximum absolute atomic E-state index is 10.7. The average Bonchev–Trinajstić information content (AvgIpc) is 2.03. The second-order valence-electron chi connectivity index (χ2n) is 2.98. The minimum atomic E-state index is -0.277. The van der Waals surface area contributed by atoms with E-state index in [0.29, 0.717) is 6.42 Å². The first-order chi connectivity index (χ1) is 6.09. The molecule has 0 bridgehead atoms. The van der Waals surface area contributed by atoms with Crippen LogP contribution in [0.3, 0.4) is 0 Å². The lowest BCUT2D eigenvalue weighted by Crippen LogP contribution is -2.13. The second kappa shape index (κ2) is 4.37. The third kappa shape index (κ3) is 3.14. The minimum Gasteiger partial charge on any atom is -0.370 e. The highest BCUT2D eigenvalue weighted by Gasteiger charge is 2.08. The summed E-state index contributed by atoms with van der Waals surface area (Å²) in [6, 6.07) is 3.78. The smallest absolute Gasteiger partial charge is 0.218 e. The van der Waals surface area contributed by atoms with Gasteiger partial charge >= 0.3 is 0 Å². The van der Waals surface area contributed by atoms with Crippen molar-refractivity contribution in [3.05, 3.63) is 28.5 Å². The molecule has 1 heterocycles. The summed E-state index contributed by atoms with van der Waals surface area (Å²) in [6.45, 7) is 1.96. The highest BCUT2D eigenvalue weighted by atomic mass is 79.9. The van der Waals surface area contributed by atoms with Crippen LogP contribution in [0.2, 0.25) is 0 Å². The molecule has 1 unspecified atom stereocenters. The maximum atomic E-state index is 10.7. The number of nitrogens with zero attached hydrogens (tertiary/aromatic N) is 1. The predicted octanol–water partition coefficient (Wildman–Crippen LogP) is 1.82. The Morgan fingerprint density at radius 1 is 1.77 bits per heavy atom. The number of hydrogen-bond donors (Lipinski definition) is 1. The Hall–Kier alpha value is -0.900. The van der Waals surface area contributed by atoms with Gasteiger partial charge in [0.05, 0.1) is 0 Å². The second-order valence-corrected chi connectivity index (χ2v) is 3.80. The molecule has 1 aromatic rings. The summed E-state index contributed by atoms with van der Waals surface area (Å²) in [4.78, 5) is 14.7. The van der Waals surface area contributed by atoms with Gasteiger partial charge in [-0.3, -0.25) is 4.79 Å². The zero-order valence-electron chi connectivity index (χ0n) is 7.33. The molecule has 1 atom stereocenters. The van der Waals surface area contributed by atoms with Crippen molar-refractivity contribution in [2.24, 2.45) is 5.73 Å².